The Balaban J connectivity index is 2.15. The quantitative estimate of drug-likeness (QED) is 0.555. The van der Waals surface area contributed by atoms with E-state index in [0.29, 0.717) is 24.2 Å². The second kappa shape index (κ2) is 9.43. The average molecular weight is 390 g/mol. The number of hydrogen-bond acceptors (Lipinski definition) is 6. The Morgan fingerprint density at radius 2 is 2.00 bits per heavy atom. The van der Waals surface area contributed by atoms with Gasteiger partial charge in [0.2, 0.25) is 5.89 Å². The van der Waals surface area contributed by atoms with Crippen LogP contribution < -0.4 is 20.1 Å². The molecule has 154 valence electrons. The zero-order valence-corrected chi connectivity index (χ0v) is 17.8. The number of hydrogen-bond donors (Lipinski definition) is 2. The van der Waals surface area contributed by atoms with Crippen LogP contribution in [0.3, 0.4) is 0 Å². The minimum Gasteiger partial charge on any atom is -0.497 e. The van der Waals surface area contributed by atoms with Gasteiger partial charge >= 0.3 is 0 Å². The highest BCUT2D eigenvalue weighted by molar-refractivity contribution is 5.80. The number of rotatable bonds is 7. The molecule has 1 aromatic carbocycles. The Bertz CT molecular complexity index is 795. The Morgan fingerprint density at radius 1 is 1.25 bits per heavy atom. The van der Waals surface area contributed by atoms with Crippen LogP contribution in [0.1, 0.15) is 57.9 Å². The Morgan fingerprint density at radius 3 is 2.57 bits per heavy atom. The molecule has 0 saturated heterocycles. The van der Waals surface area contributed by atoms with Crippen LogP contribution in [0, 0.1) is 0 Å². The Kier molecular flexibility index (Phi) is 7.25. The Hall–Kier alpha value is -2.77. The van der Waals surface area contributed by atoms with Gasteiger partial charge in [0.05, 0.1) is 20.3 Å². The van der Waals surface area contributed by atoms with Crippen LogP contribution in [0.4, 0.5) is 0 Å². The molecular weight excluding hydrogens is 358 g/mol. The largest absolute Gasteiger partial charge is 0.497 e. The number of methoxy groups -OCH3 is 2. The van der Waals surface area contributed by atoms with Crippen molar-refractivity contribution in [1.82, 2.24) is 20.8 Å². The van der Waals surface area contributed by atoms with Crippen molar-refractivity contribution < 1.29 is 14.0 Å². The first-order valence-corrected chi connectivity index (χ1v) is 9.38. The lowest BCUT2D eigenvalue weighted by Crippen LogP contribution is -2.38. The van der Waals surface area contributed by atoms with Gasteiger partial charge in [0.1, 0.15) is 18.0 Å². The molecule has 8 nitrogen and oxygen atoms in total. The second-order valence-corrected chi connectivity index (χ2v) is 7.43. The fraction of sp³-hybridized carbons (Fsp3) is 0.550. The molecular formula is C20H31N5O3. The number of benzene rings is 1. The number of aromatic nitrogens is 2. The van der Waals surface area contributed by atoms with Crippen molar-refractivity contribution in [3.63, 3.8) is 0 Å². The summed E-state index contributed by atoms with van der Waals surface area (Å²) in [4.78, 5) is 9.00. The first kappa shape index (κ1) is 21.5. The van der Waals surface area contributed by atoms with Crippen LogP contribution in [0.2, 0.25) is 0 Å². The van der Waals surface area contributed by atoms with Gasteiger partial charge in [-0.05, 0) is 32.0 Å². The first-order chi connectivity index (χ1) is 13.3. The van der Waals surface area contributed by atoms with E-state index in [4.69, 9.17) is 14.0 Å². The van der Waals surface area contributed by atoms with Gasteiger partial charge < -0.3 is 24.6 Å². The van der Waals surface area contributed by atoms with E-state index >= 15 is 0 Å². The molecule has 1 aromatic heterocycles. The molecule has 8 heteroatoms. The molecule has 0 spiro atoms. The van der Waals surface area contributed by atoms with E-state index in [1.807, 2.05) is 52.8 Å². The van der Waals surface area contributed by atoms with E-state index in [2.05, 4.69) is 25.8 Å². The maximum atomic E-state index is 5.48. The fourth-order valence-corrected chi connectivity index (χ4v) is 2.55. The summed E-state index contributed by atoms with van der Waals surface area (Å²) in [5.74, 6) is 3.36. The minimum absolute atomic E-state index is 0.0572. The standard InChI is InChI=1S/C20H31N5O3/c1-8-21-19(22-12-17-24-18(28-25-17)20(3,4)5)23-13(2)15-11-14(26-6)9-10-16(15)27-7/h9-11,13H,8,12H2,1-7H3,(H2,21,22,23). The van der Waals surface area contributed by atoms with Gasteiger partial charge in [-0.3, -0.25) is 0 Å². The molecule has 2 rings (SSSR count). The molecule has 0 bridgehead atoms. The molecule has 2 aromatic rings. The number of nitrogens with one attached hydrogen (secondary N) is 2. The van der Waals surface area contributed by atoms with Crippen LogP contribution in [-0.4, -0.2) is 36.9 Å². The Labute approximate surface area is 166 Å². The predicted octanol–water partition coefficient (Wildman–Crippen LogP) is 3.20. The molecule has 0 aliphatic heterocycles. The van der Waals surface area contributed by atoms with Crippen molar-refractivity contribution in [3.05, 3.63) is 35.5 Å². The molecule has 0 aliphatic carbocycles. The predicted molar refractivity (Wildman–Crippen MR) is 109 cm³/mol. The number of ether oxygens (including phenoxy) is 2. The molecule has 2 N–H and O–H groups in total. The van der Waals surface area contributed by atoms with E-state index < -0.39 is 0 Å². The molecule has 0 fully saturated rings. The summed E-state index contributed by atoms with van der Waals surface area (Å²) in [6, 6.07) is 5.66. The zero-order valence-electron chi connectivity index (χ0n) is 17.8. The van der Waals surface area contributed by atoms with Crippen LogP contribution in [0.5, 0.6) is 11.5 Å². The van der Waals surface area contributed by atoms with Crippen LogP contribution >= 0.6 is 0 Å². The van der Waals surface area contributed by atoms with Crippen molar-refractivity contribution in [2.24, 2.45) is 4.99 Å². The zero-order chi connectivity index (χ0) is 20.7. The number of aliphatic imine (C=N–C) groups is 1. The van der Waals surface area contributed by atoms with Gasteiger partial charge in [0.25, 0.3) is 0 Å². The molecule has 1 unspecified atom stereocenters. The van der Waals surface area contributed by atoms with Crippen molar-refractivity contribution in [2.45, 2.75) is 52.6 Å². The van der Waals surface area contributed by atoms with Crippen molar-refractivity contribution in [1.29, 1.82) is 0 Å². The van der Waals surface area contributed by atoms with E-state index in [9.17, 15) is 0 Å². The summed E-state index contributed by atoms with van der Waals surface area (Å²) in [6.07, 6.45) is 0. The van der Waals surface area contributed by atoms with Gasteiger partial charge in [0.15, 0.2) is 11.8 Å². The highest BCUT2D eigenvalue weighted by Crippen LogP contribution is 2.29. The van der Waals surface area contributed by atoms with Gasteiger partial charge in [-0.15, -0.1) is 0 Å². The summed E-state index contributed by atoms with van der Waals surface area (Å²) in [7, 11) is 3.30. The van der Waals surface area contributed by atoms with E-state index in [1.165, 1.54) is 0 Å². The lowest BCUT2D eigenvalue weighted by atomic mass is 9.97. The summed E-state index contributed by atoms with van der Waals surface area (Å²) in [6.45, 7) is 11.2. The minimum atomic E-state index is -0.185. The lowest BCUT2D eigenvalue weighted by Gasteiger charge is -2.20. The summed E-state index contributed by atoms with van der Waals surface area (Å²) < 4.78 is 16.1. The van der Waals surface area contributed by atoms with Gasteiger partial charge in [-0.1, -0.05) is 25.9 Å². The van der Waals surface area contributed by atoms with Gasteiger partial charge in [-0.25, -0.2) is 4.99 Å². The van der Waals surface area contributed by atoms with Crippen LogP contribution in [0.15, 0.2) is 27.7 Å². The molecule has 28 heavy (non-hydrogen) atoms. The smallest absolute Gasteiger partial charge is 0.232 e. The number of nitrogens with zero attached hydrogens (tertiary/aromatic N) is 3. The fourth-order valence-electron chi connectivity index (χ4n) is 2.55. The van der Waals surface area contributed by atoms with Crippen molar-refractivity contribution >= 4 is 5.96 Å². The first-order valence-electron chi connectivity index (χ1n) is 9.38. The molecule has 0 aliphatic rings. The van der Waals surface area contributed by atoms with E-state index in [0.717, 1.165) is 23.6 Å². The van der Waals surface area contributed by atoms with Crippen molar-refractivity contribution in [3.8, 4) is 11.5 Å². The molecule has 0 radical (unpaired) electrons. The molecule has 1 heterocycles. The highest BCUT2D eigenvalue weighted by atomic mass is 16.5. The summed E-state index contributed by atoms with van der Waals surface area (Å²) in [5.41, 5.74) is 0.789. The average Bonchev–Trinajstić information content (AvgIpc) is 3.15. The monoisotopic (exact) mass is 389 g/mol. The topological polar surface area (TPSA) is 93.8 Å². The van der Waals surface area contributed by atoms with Crippen LogP contribution in [-0.2, 0) is 12.0 Å². The number of guanidine groups is 1. The molecule has 0 amide bonds. The molecule has 1 atom stereocenters. The summed E-state index contributed by atoms with van der Waals surface area (Å²) in [5, 5.41) is 10.6. The van der Waals surface area contributed by atoms with Crippen LogP contribution in [0.25, 0.3) is 0 Å². The highest BCUT2D eigenvalue weighted by Gasteiger charge is 2.21. The third-order valence-corrected chi connectivity index (χ3v) is 4.09. The normalized spacial score (nSPS) is 13.2. The third kappa shape index (κ3) is 5.61. The van der Waals surface area contributed by atoms with E-state index in [1.54, 1.807) is 14.2 Å². The van der Waals surface area contributed by atoms with Crippen molar-refractivity contribution in [2.75, 3.05) is 20.8 Å². The summed E-state index contributed by atoms with van der Waals surface area (Å²) >= 11 is 0. The maximum Gasteiger partial charge on any atom is 0.232 e. The van der Waals surface area contributed by atoms with Gasteiger partial charge in [0, 0.05) is 17.5 Å². The third-order valence-electron chi connectivity index (χ3n) is 4.09. The molecule has 0 saturated carbocycles. The SMILES string of the molecule is CCNC(=NCc1noc(C(C)(C)C)n1)NC(C)c1cc(OC)ccc1OC. The lowest BCUT2D eigenvalue weighted by molar-refractivity contribution is 0.318. The second-order valence-electron chi connectivity index (χ2n) is 7.43. The van der Waals surface area contributed by atoms with Gasteiger partial charge in [-0.2, -0.15) is 4.98 Å². The van der Waals surface area contributed by atoms with E-state index in [-0.39, 0.29) is 11.5 Å². The maximum absolute atomic E-state index is 5.48.